The minimum atomic E-state index is 0.111. The van der Waals surface area contributed by atoms with E-state index in [9.17, 15) is 4.79 Å². The van der Waals surface area contributed by atoms with Crippen LogP contribution in [-0.4, -0.2) is 0 Å². The van der Waals surface area contributed by atoms with Gasteiger partial charge in [-0.15, -0.1) is 11.3 Å². The Kier molecular flexibility index (Phi) is 3.09. The molecule has 0 saturated carbocycles. The van der Waals surface area contributed by atoms with Crippen molar-refractivity contribution < 1.29 is 0 Å². The lowest BCUT2D eigenvalue weighted by atomic mass is 10.0. The van der Waals surface area contributed by atoms with Gasteiger partial charge in [-0.05, 0) is 35.7 Å². The number of nitrogens with two attached hydrogens (primary N) is 1. The molecule has 0 fully saturated rings. The number of aryl methyl sites for hydroxylation is 1. The van der Waals surface area contributed by atoms with Gasteiger partial charge >= 0.3 is 0 Å². The zero-order valence-corrected chi connectivity index (χ0v) is 11.6. The molecule has 0 aliphatic heterocycles. The molecule has 3 aromatic rings. The predicted molar refractivity (Wildman–Crippen MR) is 82.9 cm³/mol. The van der Waals surface area contributed by atoms with Crippen LogP contribution in [0.4, 0.5) is 0 Å². The summed E-state index contributed by atoms with van der Waals surface area (Å²) in [5, 5.41) is 1.61. The average Bonchev–Trinajstić information content (AvgIpc) is 2.46. The fraction of sp³-hybridized carbons (Fsp3) is 0.188. The van der Waals surface area contributed by atoms with Gasteiger partial charge in [0.1, 0.15) is 0 Å². The van der Waals surface area contributed by atoms with Gasteiger partial charge in [-0.25, -0.2) is 0 Å². The molecule has 0 unspecified atom stereocenters. The largest absolute Gasteiger partial charge is 0.326 e. The molecule has 2 aromatic carbocycles. The number of hydrogen-bond donors (Lipinski definition) is 1. The molecule has 0 saturated heterocycles. The van der Waals surface area contributed by atoms with E-state index in [1.165, 1.54) is 5.56 Å². The van der Waals surface area contributed by atoms with Crippen molar-refractivity contribution in [3.8, 4) is 0 Å². The highest BCUT2D eigenvalue weighted by Gasteiger charge is 2.11. The van der Waals surface area contributed by atoms with E-state index < -0.39 is 0 Å². The van der Waals surface area contributed by atoms with E-state index in [1.54, 1.807) is 11.3 Å². The van der Waals surface area contributed by atoms with Crippen LogP contribution in [0, 0.1) is 0 Å². The molecule has 0 spiro atoms. The summed E-state index contributed by atoms with van der Waals surface area (Å²) >= 11 is 1.66. The Morgan fingerprint density at radius 2 is 1.89 bits per heavy atom. The van der Waals surface area contributed by atoms with Crippen LogP contribution in [-0.2, 0) is 13.0 Å². The predicted octanol–water partition coefficient (Wildman–Crippen LogP) is 3.44. The molecule has 96 valence electrons. The Morgan fingerprint density at radius 3 is 2.63 bits per heavy atom. The number of hydrogen-bond acceptors (Lipinski definition) is 3. The lowest BCUT2D eigenvalue weighted by Crippen LogP contribution is -2.09. The van der Waals surface area contributed by atoms with Crippen LogP contribution < -0.4 is 11.2 Å². The first-order valence-corrected chi connectivity index (χ1v) is 7.24. The third-order valence-corrected chi connectivity index (χ3v) is 4.67. The van der Waals surface area contributed by atoms with Crippen LogP contribution in [0.1, 0.15) is 18.1 Å². The Morgan fingerprint density at radius 1 is 1.11 bits per heavy atom. The van der Waals surface area contributed by atoms with Crippen molar-refractivity contribution in [3.63, 3.8) is 0 Å². The van der Waals surface area contributed by atoms with Crippen LogP contribution in [0.15, 0.2) is 41.2 Å². The van der Waals surface area contributed by atoms with Gasteiger partial charge in [0.25, 0.3) is 0 Å². The molecule has 1 aromatic heterocycles. The quantitative estimate of drug-likeness (QED) is 0.724. The summed E-state index contributed by atoms with van der Waals surface area (Å²) in [6, 6.07) is 11.9. The summed E-state index contributed by atoms with van der Waals surface area (Å²) in [7, 11) is 0. The van der Waals surface area contributed by atoms with Crippen LogP contribution in [0.2, 0.25) is 0 Å². The molecule has 3 rings (SSSR count). The minimum absolute atomic E-state index is 0.111. The summed E-state index contributed by atoms with van der Waals surface area (Å²) in [5.74, 6) is 0. The second-order valence-electron chi connectivity index (χ2n) is 4.56. The summed E-state index contributed by atoms with van der Waals surface area (Å²) in [6.45, 7) is 2.51. The normalized spacial score (nSPS) is 11.3. The van der Waals surface area contributed by atoms with Gasteiger partial charge in [0, 0.05) is 26.7 Å². The summed E-state index contributed by atoms with van der Waals surface area (Å²) < 4.78 is 2.06. The lowest BCUT2D eigenvalue weighted by molar-refractivity contribution is 1.02. The fourth-order valence-electron chi connectivity index (χ4n) is 2.56. The van der Waals surface area contributed by atoms with E-state index in [4.69, 9.17) is 5.73 Å². The molecule has 19 heavy (non-hydrogen) atoms. The molecule has 3 heteroatoms. The van der Waals surface area contributed by atoms with Crippen LogP contribution >= 0.6 is 11.3 Å². The Balaban J connectivity index is 2.56. The van der Waals surface area contributed by atoms with Crippen LogP contribution in [0.3, 0.4) is 0 Å². The van der Waals surface area contributed by atoms with E-state index in [1.807, 2.05) is 30.3 Å². The highest BCUT2D eigenvalue weighted by molar-refractivity contribution is 7.24. The van der Waals surface area contributed by atoms with E-state index in [2.05, 4.69) is 13.0 Å². The highest BCUT2D eigenvalue weighted by Crippen LogP contribution is 2.28. The molecule has 0 radical (unpaired) electrons. The molecule has 0 aliphatic carbocycles. The van der Waals surface area contributed by atoms with Crippen molar-refractivity contribution >= 4 is 31.5 Å². The van der Waals surface area contributed by atoms with E-state index in [0.717, 1.165) is 32.2 Å². The molecule has 2 nitrogen and oxygen atoms in total. The SMILES string of the molecule is CCc1ccc2sc3ccccc3c(=O)c2c1CN. The number of fused-ring (bicyclic) bond motifs is 2. The Labute approximate surface area is 115 Å². The van der Waals surface area contributed by atoms with E-state index in [0.29, 0.717) is 6.54 Å². The zero-order chi connectivity index (χ0) is 13.4. The highest BCUT2D eigenvalue weighted by atomic mass is 32.1. The molecule has 0 atom stereocenters. The zero-order valence-electron chi connectivity index (χ0n) is 10.8. The van der Waals surface area contributed by atoms with Crippen LogP contribution in [0.5, 0.6) is 0 Å². The minimum Gasteiger partial charge on any atom is -0.326 e. The van der Waals surface area contributed by atoms with Crippen molar-refractivity contribution in [2.75, 3.05) is 0 Å². The monoisotopic (exact) mass is 269 g/mol. The summed E-state index contributed by atoms with van der Waals surface area (Å²) in [6.07, 6.45) is 0.902. The maximum absolute atomic E-state index is 12.7. The van der Waals surface area contributed by atoms with Gasteiger partial charge in [-0.2, -0.15) is 0 Å². The van der Waals surface area contributed by atoms with Gasteiger partial charge in [0.05, 0.1) is 0 Å². The molecule has 0 aliphatic rings. The first-order chi connectivity index (χ1) is 9.26. The third-order valence-electron chi connectivity index (χ3n) is 3.54. The second kappa shape index (κ2) is 4.76. The summed E-state index contributed by atoms with van der Waals surface area (Å²) in [4.78, 5) is 12.7. The summed E-state index contributed by atoms with van der Waals surface area (Å²) in [5.41, 5.74) is 8.16. The smallest absolute Gasteiger partial charge is 0.196 e. The molecular formula is C16H15NOS. The molecule has 0 amide bonds. The van der Waals surface area contributed by atoms with Gasteiger partial charge < -0.3 is 5.73 Å². The van der Waals surface area contributed by atoms with Crippen molar-refractivity contribution in [1.82, 2.24) is 0 Å². The van der Waals surface area contributed by atoms with Crippen LogP contribution in [0.25, 0.3) is 20.2 Å². The van der Waals surface area contributed by atoms with Gasteiger partial charge in [-0.3, -0.25) is 4.79 Å². The van der Waals surface area contributed by atoms with Crippen molar-refractivity contribution in [2.24, 2.45) is 5.73 Å². The number of rotatable bonds is 2. The fourth-order valence-corrected chi connectivity index (χ4v) is 3.67. The third kappa shape index (κ3) is 1.86. The molecule has 1 heterocycles. The standard InChI is InChI=1S/C16H15NOS/c1-2-10-7-8-14-15(12(10)9-17)16(18)11-5-3-4-6-13(11)19-14/h3-8H,2,9,17H2,1H3. The van der Waals surface area contributed by atoms with Gasteiger partial charge in [0.15, 0.2) is 5.43 Å². The van der Waals surface area contributed by atoms with Crippen molar-refractivity contribution in [2.45, 2.75) is 19.9 Å². The Hall–Kier alpha value is -1.71. The Bertz CT molecular complexity index is 820. The van der Waals surface area contributed by atoms with E-state index >= 15 is 0 Å². The maximum Gasteiger partial charge on any atom is 0.196 e. The van der Waals surface area contributed by atoms with Gasteiger partial charge in [-0.1, -0.05) is 25.1 Å². The topological polar surface area (TPSA) is 43.1 Å². The maximum atomic E-state index is 12.7. The number of benzene rings is 2. The second-order valence-corrected chi connectivity index (χ2v) is 5.65. The van der Waals surface area contributed by atoms with E-state index in [-0.39, 0.29) is 5.43 Å². The lowest BCUT2D eigenvalue weighted by Gasteiger charge is -2.10. The molecule has 0 bridgehead atoms. The first-order valence-electron chi connectivity index (χ1n) is 6.42. The average molecular weight is 269 g/mol. The van der Waals surface area contributed by atoms with Crippen molar-refractivity contribution in [1.29, 1.82) is 0 Å². The molecule has 2 N–H and O–H groups in total. The molecular weight excluding hydrogens is 254 g/mol. The van der Waals surface area contributed by atoms with Gasteiger partial charge in [0.2, 0.25) is 0 Å². The first kappa shape index (κ1) is 12.3. The van der Waals surface area contributed by atoms with Crippen molar-refractivity contribution in [3.05, 3.63) is 57.7 Å².